The number of nitrogens with zero attached hydrogens (tertiary/aromatic N) is 3. The van der Waals surface area contributed by atoms with E-state index in [0.717, 1.165) is 41.8 Å². The number of pyridine rings is 1. The van der Waals surface area contributed by atoms with Gasteiger partial charge in [0.1, 0.15) is 5.52 Å². The zero-order valence-electron chi connectivity index (χ0n) is 15.9. The van der Waals surface area contributed by atoms with Gasteiger partial charge in [-0.1, -0.05) is 18.2 Å². The van der Waals surface area contributed by atoms with E-state index >= 15 is 0 Å². The van der Waals surface area contributed by atoms with E-state index in [1.54, 1.807) is 11.1 Å². The average Bonchev–Trinajstić information content (AvgIpc) is 3.36. The first kappa shape index (κ1) is 18.4. The van der Waals surface area contributed by atoms with Crippen molar-refractivity contribution in [2.24, 2.45) is 0 Å². The van der Waals surface area contributed by atoms with Crippen LogP contribution in [0.25, 0.3) is 11.1 Å². The van der Waals surface area contributed by atoms with Gasteiger partial charge in [-0.3, -0.25) is 4.98 Å². The smallest absolute Gasteiger partial charge is 0.318 e. The van der Waals surface area contributed by atoms with Gasteiger partial charge in [0.2, 0.25) is 5.89 Å². The normalized spacial score (nSPS) is 16.4. The largest absolute Gasteiger partial charge is 0.439 e. The molecule has 1 N–H and O–H groups in total. The van der Waals surface area contributed by atoms with Crippen LogP contribution in [0, 0.1) is 6.92 Å². The van der Waals surface area contributed by atoms with Crippen LogP contribution in [0.1, 0.15) is 30.0 Å². The van der Waals surface area contributed by atoms with Gasteiger partial charge in [0.25, 0.3) is 0 Å². The summed E-state index contributed by atoms with van der Waals surface area (Å²) in [6.45, 7) is 3.95. The van der Waals surface area contributed by atoms with Crippen LogP contribution in [0.4, 0.5) is 4.79 Å². The van der Waals surface area contributed by atoms with E-state index in [0.29, 0.717) is 19.0 Å². The van der Waals surface area contributed by atoms with Crippen molar-refractivity contribution in [2.75, 3.05) is 13.2 Å². The molecule has 0 bridgehead atoms. The van der Waals surface area contributed by atoms with Gasteiger partial charge < -0.3 is 19.4 Å². The van der Waals surface area contributed by atoms with E-state index in [-0.39, 0.29) is 18.7 Å². The summed E-state index contributed by atoms with van der Waals surface area (Å²) in [7, 11) is 0. The zero-order valence-corrected chi connectivity index (χ0v) is 15.9. The number of aromatic nitrogens is 2. The summed E-state index contributed by atoms with van der Waals surface area (Å²) in [4.78, 5) is 23.4. The summed E-state index contributed by atoms with van der Waals surface area (Å²) >= 11 is 0. The molecule has 7 heteroatoms. The molecule has 1 fully saturated rings. The first-order valence-electron chi connectivity index (χ1n) is 9.58. The quantitative estimate of drug-likeness (QED) is 0.709. The Morgan fingerprint density at radius 2 is 2.21 bits per heavy atom. The van der Waals surface area contributed by atoms with Gasteiger partial charge in [0, 0.05) is 19.3 Å². The van der Waals surface area contributed by atoms with E-state index < -0.39 is 0 Å². The Kier molecular flexibility index (Phi) is 5.53. The van der Waals surface area contributed by atoms with E-state index in [1.165, 1.54) is 0 Å². The van der Waals surface area contributed by atoms with Crippen LogP contribution in [-0.2, 0) is 17.8 Å². The first-order valence-corrected chi connectivity index (χ1v) is 9.58. The highest BCUT2D eigenvalue weighted by atomic mass is 16.5. The van der Waals surface area contributed by atoms with E-state index in [2.05, 4.69) is 15.3 Å². The molecule has 1 saturated heterocycles. The molecule has 1 aromatic carbocycles. The Morgan fingerprint density at radius 1 is 1.29 bits per heavy atom. The van der Waals surface area contributed by atoms with Crippen molar-refractivity contribution in [3.8, 4) is 0 Å². The second kappa shape index (κ2) is 8.39. The summed E-state index contributed by atoms with van der Waals surface area (Å²) in [6.07, 6.45) is 3.81. The van der Waals surface area contributed by atoms with Crippen LogP contribution in [0.5, 0.6) is 0 Å². The summed E-state index contributed by atoms with van der Waals surface area (Å²) in [5.41, 5.74) is 3.45. The minimum Gasteiger partial charge on any atom is -0.439 e. The molecular weight excluding hydrogens is 356 g/mol. The standard InChI is InChI=1S/C21H24N4O3/c1-15-6-4-9-18-20(15)24-19(28-18)12-23-21(26)25(14-17-8-5-11-27-17)13-16-7-2-3-10-22-16/h2-4,6-7,9-10,17H,5,8,11-14H2,1H3,(H,23,26)/t17-/m1/s1. The molecule has 2 aromatic heterocycles. The number of benzene rings is 1. The number of hydrogen-bond donors (Lipinski definition) is 1. The van der Waals surface area contributed by atoms with Gasteiger partial charge in [-0.05, 0) is 43.5 Å². The van der Waals surface area contributed by atoms with Crippen molar-refractivity contribution in [3.63, 3.8) is 0 Å². The van der Waals surface area contributed by atoms with Crippen LogP contribution >= 0.6 is 0 Å². The molecule has 1 atom stereocenters. The van der Waals surface area contributed by atoms with Gasteiger partial charge in [-0.25, -0.2) is 9.78 Å². The molecule has 7 nitrogen and oxygen atoms in total. The minimum absolute atomic E-state index is 0.0708. The highest BCUT2D eigenvalue weighted by Gasteiger charge is 2.23. The number of nitrogens with one attached hydrogen (secondary N) is 1. The second-order valence-electron chi connectivity index (χ2n) is 7.02. The van der Waals surface area contributed by atoms with Gasteiger partial charge in [-0.2, -0.15) is 0 Å². The molecule has 1 aliphatic heterocycles. The number of carbonyl (C=O) groups is 1. The van der Waals surface area contributed by atoms with E-state index in [1.807, 2.05) is 43.3 Å². The Labute approximate surface area is 163 Å². The van der Waals surface area contributed by atoms with Gasteiger partial charge in [0.05, 0.1) is 24.9 Å². The predicted molar refractivity (Wildman–Crippen MR) is 105 cm³/mol. The van der Waals surface area contributed by atoms with Crippen LogP contribution in [0.3, 0.4) is 0 Å². The highest BCUT2D eigenvalue weighted by molar-refractivity contribution is 5.76. The van der Waals surface area contributed by atoms with Crippen LogP contribution in [0.2, 0.25) is 0 Å². The van der Waals surface area contributed by atoms with Gasteiger partial charge >= 0.3 is 6.03 Å². The maximum atomic E-state index is 12.9. The van der Waals surface area contributed by atoms with Crippen molar-refractivity contribution < 1.29 is 13.9 Å². The lowest BCUT2D eigenvalue weighted by Crippen LogP contribution is -2.43. The maximum Gasteiger partial charge on any atom is 0.318 e. The third-order valence-corrected chi connectivity index (χ3v) is 4.87. The summed E-state index contributed by atoms with van der Waals surface area (Å²) < 4.78 is 11.5. The number of rotatable bonds is 6. The van der Waals surface area contributed by atoms with Crippen LogP contribution in [-0.4, -0.2) is 40.2 Å². The first-order chi connectivity index (χ1) is 13.7. The number of carbonyl (C=O) groups excluding carboxylic acids is 1. The third kappa shape index (κ3) is 4.31. The molecule has 146 valence electrons. The lowest BCUT2D eigenvalue weighted by Gasteiger charge is -2.25. The number of para-hydroxylation sites is 1. The second-order valence-corrected chi connectivity index (χ2v) is 7.02. The summed E-state index contributed by atoms with van der Waals surface area (Å²) in [5, 5.41) is 2.92. The summed E-state index contributed by atoms with van der Waals surface area (Å²) in [6, 6.07) is 11.3. The fourth-order valence-electron chi connectivity index (χ4n) is 3.41. The molecule has 2 amide bonds. The zero-order chi connectivity index (χ0) is 19.3. The molecule has 0 aliphatic carbocycles. The van der Waals surface area contributed by atoms with Gasteiger partial charge in [0.15, 0.2) is 5.58 Å². The Hall–Kier alpha value is -2.93. The molecule has 1 aliphatic rings. The van der Waals surface area contributed by atoms with E-state index in [4.69, 9.17) is 9.15 Å². The number of urea groups is 1. The van der Waals surface area contributed by atoms with Crippen molar-refractivity contribution in [2.45, 2.75) is 39.0 Å². The predicted octanol–water partition coefficient (Wildman–Crippen LogP) is 3.42. The number of oxazole rings is 1. The molecule has 0 spiro atoms. The average molecular weight is 380 g/mol. The van der Waals surface area contributed by atoms with Crippen molar-refractivity contribution >= 4 is 17.1 Å². The fourth-order valence-corrected chi connectivity index (χ4v) is 3.41. The number of aryl methyl sites for hydroxylation is 1. The lowest BCUT2D eigenvalue weighted by atomic mass is 10.2. The number of hydrogen-bond acceptors (Lipinski definition) is 5. The lowest BCUT2D eigenvalue weighted by molar-refractivity contribution is 0.0790. The monoisotopic (exact) mass is 380 g/mol. The molecule has 3 aromatic rings. The van der Waals surface area contributed by atoms with Crippen molar-refractivity contribution in [1.82, 2.24) is 20.2 Å². The minimum atomic E-state index is -0.180. The fraction of sp³-hybridized carbons (Fsp3) is 0.381. The number of amides is 2. The maximum absolute atomic E-state index is 12.9. The third-order valence-electron chi connectivity index (χ3n) is 4.87. The highest BCUT2D eigenvalue weighted by Crippen LogP contribution is 2.19. The number of ether oxygens (including phenoxy) is 1. The molecule has 0 saturated carbocycles. The molecule has 4 rings (SSSR count). The Morgan fingerprint density at radius 3 is 2.96 bits per heavy atom. The summed E-state index contributed by atoms with van der Waals surface area (Å²) in [5.74, 6) is 0.493. The van der Waals surface area contributed by atoms with Crippen LogP contribution in [0.15, 0.2) is 47.0 Å². The van der Waals surface area contributed by atoms with Gasteiger partial charge in [-0.15, -0.1) is 0 Å². The molecule has 28 heavy (non-hydrogen) atoms. The topological polar surface area (TPSA) is 80.5 Å². The number of fused-ring (bicyclic) bond motifs is 1. The molecular formula is C21H24N4O3. The van der Waals surface area contributed by atoms with E-state index in [9.17, 15) is 4.79 Å². The van der Waals surface area contributed by atoms with Crippen LogP contribution < -0.4 is 5.32 Å². The Balaban J connectivity index is 1.43. The Bertz CT molecular complexity index is 935. The molecule has 3 heterocycles. The molecule has 0 unspecified atom stereocenters. The van der Waals surface area contributed by atoms with Crippen molar-refractivity contribution in [3.05, 3.63) is 59.7 Å². The van der Waals surface area contributed by atoms with Crippen molar-refractivity contribution in [1.29, 1.82) is 0 Å². The molecule has 0 radical (unpaired) electrons. The SMILES string of the molecule is Cc1cccc2oc(CNC(=O)N(Cc3ccccn3)C[C@H]3CCCO3)nc12.